The van der Waals surface area contributed by atoms with Crippen LogP contribution in [0.25, 0.3) is 11.8 Å². The number of benzene rings is 1. The topological polar surface area (TPSA) is 70.7 Å². The van der Waals surface area contributed by atoms with E-state index in [9.17, 15) is 10.1 Å². The monoisotopic (exact) mass is 384 g/mol. The van der Waals surface area contributed by atoms with Gasteiger partial charge in [0.25, 0.3) is 5.91 Å². The molecule has 5 nitrogen and oxygen atoms in total. The van der Waals surface area contributed by atoms with E-state index in [-0.39, 0.29) is 11.5 Å². The summed E-state index contributed by atoms with van der Waals surface area (Å²) in [6.07, 6.45) is 6.89. The molecule has 3 aromatic rings. The van der Waals surface area contributed by atoms with Gasteiger partial charge >= 0.3 is 0 Å². The number of hydrogen-bond acceptors (Lipinski definition) is 3. The molecule has 0 aliphatic heterocycles. The average molecular weight is 384 g/mol. The van der Waals surface area contributed by atoms with Gasteiger partial charge in [0.1, 0.15) is 11.6 Å². The second kappa shape index (κ2) is 9.52. The Morgan fingerprint density at radius 1 is 1.21 bits per heavy atom. The molecule has 2 aromatic heterocycles. The van der Waals surface area contributed by atoms with Crippen molar-refractivity contribution in [3.05, 3.63) is 89.0 Å². The predicted octanol–water partition coefficient (Wildman–Crippen LogP) is 4.15. The lowest BCUT2D eigenvalue weighted by molar-refractivity contribution is -0.117. The van der Waals surface area contributed by atoms with E-state index in [4.69, 9.17) is 0 Å². The molecule has 0 bridgehead atoms. The minimum absolute atomic E-state index is 0.108. The van der Waals surface area contributed by atoms with Crippen LogP contribution in [0.5, 0.6) is 0 Å². The molecule has 0 saturated heterocycles. The molecule has 29 heavy (non-hydrogen) atoms. The fourth-order valence-electron chi connectivity index (χ4n) is 3.36. The lowest BCUT2D eigenvalue weighted by atomic mass is 10.1. The molecule has 1 aromatic carbocycles. The highest BCUT2D eigenvalue weighted by molar-refractivity contribution is 6.01. The van der Waals surface area contributed by atoms with Crippen molar-refractivity contribution >= 4 is 12.0 Å². The lowest BCUT2D eigenvalue weighted by Gasteiger charge is -2.08. The number of nitriles is 1. The summed E-state index contributed by atoms with van der Waals surface area (Å²) in [4.78, 5) is 16.6. The van der Waals surface area contributed by atoms with Crippen LogP contribution in [-0.2, 0) is 11.2 Å². The Bertz CT molecular complexity index is 1040. The Kier molecular flexibility index (Phi) is 6.59. The highest BCUT2D eigenvalue weighted by Gasteiger charge is 2.13. The van der Waals surface area contributed by atoms with Crippen LogP contribution in [-0.4, -0.2) is 22.0 Å². The summed E-state index contributed by atoms with van der Waals surface area (Å²) in [5, 5.41) is 12.3. The summed E-state index contributed by atoms with van der Waals surface area (Å²) < 4.78 is 2.06. The third kappa shape index (κ3) is 4.99. The second-order valence-electron chi connectivity index (χ2n) is 6.89. The van der Waals surface area contributed by atoms with Crippen molar-refractivity contribution < 1.29 is 4.79 Å². The maximum atomic E-state index is 12.4. The number of aromatic nitrogens is 2. The fraction of sp³-hybridized carbons (Fsp3) is 0.208. The second-order valence-corrected chi connectivity index (χ2v) is 6.89. The molecule has 5 heteroatoms. The summed E-state index contributed by atoms with van der Waals surface area (Å²) >= 11 is 0. The molecular formula is C24H24N4O. The molecule has 1 N–H and O–H groups in total. The van der Waals surface area contributed by atoms with Gasteiger partial charge in [-0.3, -0.25) is 9.78 Å². The first-order valence-electron chi connectivity index (χ1n) is 9.63. The minimum atomic E-state index is -0.341. The number of aryl methyl sites for hydroxylation is 2. The van der Waals surface area contributed by atoms with Crippen molar-refractivity contribution in [2.45, 2.75) is 26.7 Å². The van der Waals surface area contributed by atoms with Crippen molar-refractivity contribution in [3.8, 4) is 11.8 Å². The normalized spacial score (nSPS) is 11.1. The van der Waals surface area contributed by atoms with E-state index in [1.54, 1.807) is 18.5 Å². The molecule has 1 amide bonds. The van der Waals surface area contributed by atoms with Crippen LogP contribution in [0.2, 0.25) is 0 Å². The number of nitrogens with zero attached hydrogens (tertiary/aromatic N) is 3. The van der Waals surface area contributed by atoms with Gasteiger partial charge in [-0.25, -0.2) is 0 Å². The summed E-state index contributed by atoms with van der Waals surface area (Å²) in [7, 11) is 0. The molecule has 0 aliphatic carbocycles. The molecule has 2 heterocycles. The number of carbonyl (C=O) groups excluding carboxylic acids is 1. The van der Waals surface area contributed by atoms with Gasteiger partial charge in [-0.15, -0.1) is 0 Å². The van der Waals surface area contributed by atoms with Crippen molar-refractivity contribution in [1.29, 1.82) is 5.26 Å². The summed E-state index contributed by atoms with van der Waals surface area (Å²) in [6.45, 7) is 4.49. The Morgan fingerprint density at radius 3 is 2.69 bits per heavy atom. The smallest absolute Gasteiger partial charge is 0.261 e. The van der Waals surface area contributed by atoms with E-state index in [1.165, 1.54) is 5.56 Å². The Balaban J connectivity index is 1.68. The molecule has 3 rings (SSSR count). The Hall–Kier alpha value is -3.65. The van der Waals surface area contributed by atoms with Crippen LogP contribution < -0.4 is 5.32 Å². The molecule has 146 valence electrons. The van der Waals surface area contributed by atoms with Crippen LogP contribution in [0.3, 0.4) is 0 Å². The third-order valence-corrected chi connectivity index (χ3v) is 4.81. The highest BCUT2D eigenvalue weighted by atomic mass is 16.1. The zero-order chi connectivity index (χ0) is 20.6. The van der Waals surface area contributed by atoms with Crippen LogP contribution in [0, 0.1) is 25.2 Å². The van der Waals surface area contributed by atoms with Gasteiger partial charge < -0.3 is 9.88 Å². The number of amides is 1. The van der Waals surface area contributed by atoms with Crippen molar-refractivity contribution in [2.75, 3.05) is 6.54 Å². The van der Waals surface area contributed by atoms with E-state index >= 15 is 0 Å². The van der Waals surface area contributed by atoms with Gasteiger partial charge in [-0.1, -0.05) is 30.3 Å². The van der Waals surface area contributed by atoms with Gasteiger partial charge in [0.15, 0.2) is 0 Å². The SMILES string of the molecule is Cc1cc(/C=C(/C#N)C(=O)NCCCc2ccccc2)c(C)n1-c1cccnc1. The van der Waals surface area contributed by atoms with Gasteiger partial charge in [-0.2, -0.15) is 5.26 Å². The quantitative estimate of drug-likeness (QED) is 0.378. The van der Waals surface area contributed by atoms with Gasteiger partial charge in [0, 0.05) is 24.1 Å². The summed E-state index contributed by atoms with van der Waals surface area (Å²) in [5.74, 6) is -0.341. The maximum absolute atomic E-state index is 12.4. The molecule has 0 aliphatic rings. The average Bonchev–Trinajstić information content (AvgIpc) is 3.03. The van der Waals surface area contributed by atoms with E-state index in [1.807, 2.05) is 56.3 Å². The first-order valence-corrected chi connectivity index (χ1v) is 9.63. The number of hydrogen-bond donors (Lipinski definition) is 1. The van der Waals surface area contributed by atoms with Crippen LogP contribution >= 0.6 is 0 Å². The number of pyridine rings is 1. The van der Waals surface area contributed by atoms with Crippen molar-refractivity contribution in [1.82, 2.24) is 14.9 Å². The van der Waals surface area contributed by atoms with Crippen molar-refractivity contribution in [2.24, 2.45) is 0 Å². The summed E-state index contributed by atoms with van der Waals surface area (Å²) in [6, 6.07) is 18.0. The van der Waals surface area contributed by atoms with E-state index in [0.29, 0.717) is 6.54 Å². The minimum Gasteiger partial charge on any atom is -0.351 e. The molecule has 0 radical (unpaired) electrons. The van der Waals surface area contributed by atoms with Gasteiger partial charge in [0.05, 0.1) is 11.9 Å². The first kappa shape index (κ1) is 20.1. The maximum Gasteiger partial charge on any atom is 0.261 e. The largest absolute Gasteiger partial charge is 0.351 e. The van der Waals surface area contributed by atoms with E-state index in [2.05, 4.69) is 27.0 Å². The van der Waals surface area contributed by atoms with Gasteiger partial charge in [0.2, 0.25) is 0 Å². The molecule has 0 saturated carbocycles. The standard InChI is InChI=1S/C24H24N4O/c1-18-14-21(19(2)28(18)23-11-7-12-26-17-23)15-22(16-25)24(29)27-13-6-10-20-8-4-3-5-9-20/h3-5,7-9,11-12,14-15,17H,6,10,13H2,1-2H3,(H,27,29)/b22-15-. The number of nitrogens with one attached hydrogen (secondary N) is 1. The zero-order valence-electron chi connectivity index (χ0n) is 16.7. The molecular weight excluding hydrogens is 360 g/mol. The molecule has 0 atom stereocenters. The highest BCUT2D eigenvalue weighted by Crippen LogP contribution is 2.22. The van der Waals surface area contributed by atoms with Crippen LogP contribution in [0.1, 0.15) is 28.9 Å². The fourth-order valence-corrected chi connectivity index (χ4v) is 3.36. The van der Waals surface area contributed by atoms with E-state index < -0.39 is 0 Å². The summed E-state index contributed by atoms with van der Waals surface area (Å²) in [5.41, 5.74) is 5.12. The predicted molar refractivity (Wildman–Crippen MR) is 114 cm³/mol. The molecule has 0 unspecified atom stereocenters. The number of carbonyl (C=O) groups is 1. The van der Waals surface area contributed by atoms with Crippen molar-refractivity contribution in [3.63, 3.8) is 0 Å². The van der Waals surface area contributed by atoms with Crippen LogP contribution in [0.15, 0.2) is 66.5 Å². The molecule has 0 fully saturated rings. The molecule has 0 spiro atoms. The first-order chi connectivity index (χ1) is 14.1. The number of rotatable bonds is 7. The van der Waals surface area contributed by atoms with E-state index in [0.717, 1.165) is 35.5 Å². The zero-order valence-corrected chi connectivity index (χ0v) is 16.7. The Labute approximate surface area is 171 Å². The third-order valence-electron chi connectivity index (χ3n) is 4.81. The van der Waals surface area contributed by atoms with Crippen LogP contribution in [0.4, 0.5) is 0 Å². The van der Waals surface area contributed by atoms with Gasteiger partial charge in [-0.05, 0) is 62.1 Å². The Morgan fingerprint density at radius 2 is 2.00 bits per heavy atom. The lowest BCUT2D eigenvalue weighted by Crippen LogP contribution is -2.25.